The highest BCUT2D eigenvalue weighted by Gasteiger charge is 2.43. The van der Waals surface area contributed by atoms with Crippen molar-refractivity contribution in [1.82, 2.24) is 15.5 Å². The number of hydrogen-bond donors (Lipinski definition) is 3. The summed E-state index contributed by atoms with van der Waals surface area (Å²) in [6.07, 6.45) is 9.37. The van der Waals surface area contributed by atoms with E-state index in [1.807, 2.05) is 14.0 Å². The van der Waals surface area contributed by atoms with Crippen LogP contribution in [-0.2, 0) is 10.3 Å². The molecule has 1 saturated carbocycles. The fourth-order valence-electron chi connectivity index (χ4n) is 6.05. The fraction of sp³-hybridized carbons (Fsp3) is 0.750. The Balaban J connectivity index is 1.72. The molecule has 8 heteroatoms. The number of carbonyl (C=O) groups excluding carboxylic acids is 1. The summed E-state index contributed by atoms with van der Waals surface area (Å²) in [6, 6.07) is 4.80. The predicted octanol–water partition coefficient (Wildman–Crippen LogP) is 5.46. The molecule has 1 heterocycles. The number of amides is 2. The molecule has 6 nitrogen and oxygen atoms in total. The number of likely N-dealkylation sites (tertiary alicyclic amines) is 1. The average molecular weight is 526 g/mol. The molecule has 0 radical (unpaired) electrons. The molecule has 204 valence electrons. The molecule has 3 rings (SSSR count). The molecule has 0 bridgehead atoms. The van der Waals surface area contributed by atoms with Crippen LogP contribution in [0.2, 0.25) is 5.02 Å². The lowest BCUT2D eigenvalue weighted by Crippen LogP contribution is -2.54. The van der Waals surface area contributed by atoms with Gasteiger partial charge in [-0.1, -0.05) is 49.4 Å². The van der Waals surface area contributed by atoms with Crippen molar-refractivity contribution in [2.75, 3.05) is 39.9 Å². The highest BCUT2D eigenvalue weighted by molar-refractivity contribution is 6.30. The van der Waals surface area contributed by atoms with E-state index in [2.05, 4.69) is 10.6 Å². The van der Waals surface area contributed by atoms with Gasteiger partial charge in [-0.3, -0.25) is 0 Å². The van der Waals surface area contributed by atoms with Gasteiger partial charge in [-0.05, 0) is 64.5 Å². The third-order valence-corrected chi connectivity index (χ3v) is 8.27. The molecule has 1 aromatic rings. The quantitative estimate of drug-likeness (QED) is 0.299. The summed E-state index contributed by atoms with van der Waals surface area (Å²) >= 11 is 6.11. The maximum atomic E-state index is 15.2. The molecule has 3 N–H and O–H groups in total. The lowest BCUT2D eigenvalue weighted by molar-refractivity contribution is -0.0589. The number of hydrogen-bond acceptors (Lipinski definition) is 4. The summed E-state index contributed by atoms with van der Waals surface area (Å²) in [5.74, 6) is -0.182. The van der Waals surface area contributed by atoms with Crippen LogP contribution in [0, 0.1) is 17.7 Å². The third-order valence-electron chi connectivity index (χ3n) is 7.97. The monoisotopic (exact) mass is 525 g/mol. The highest BCUT2D eigenvalue weighted by atomic mass is 35.5. The van der Waals surface area contributed by atoms with Crippen LogP contribution in [0.25, 0.3) is 0 Å². The minimum atomic E-state index is -1.41. The minimum Gasteiger partial charge on any atom is -0.385 e. The van der Waals surface area contributed by atoms with Crippen LogP contribution in [0.1, 0.15) is 76.7 Å². The Morgan fingerprint density at radius 1 is 1.28 bits per heavy atom. The van der Waals surface area contributed by atoms with E-state index in [0.29, 0.717) is 45.1 Å². The van der Waals surface area contributed by atoms with Crippen LogP contribution >= 0.6 is 11.6 Å². The van der Waals surface area contributed by atoms with Crippen molar-refractivity contribution in [3.63, 3.8) is 0 Å². The Morgan fingerprint density at radius 3 is 2.78 bits per heavy atom. The van der Waals surface area contributed by atoms with Crippen LogP contribution in [0.5, 0.6) is 0 Å². The van der Waals surface area contributed by atoms with Gasteiger partial charge < -0.3 is 25.4 Å². The molecule has 0 unspecified atom stereocenters. The average Bonchev–Trinajstić information content (AvgIpc) is 3.38. The minimum absolute atomic E-state index is 0.00692. The van der Waals surface area contributed by atoms with E-state index in [4.69, 9.17) is 16.3 Å². The van der Waals surface area contributed by atoms with Crippen molar-refractivity contribution in [3.8, 4) is 0 Å². The van der Waals surface area contributed by atoms with E-state index >= 15 is 4.39 Å². The zero-order chi connectivity index (χ0) is 26.0. The number of likely N-dealkylation sites (N-methyl/N-ethyl adjacent to an activating group) is 1. The number of carbonyl (C=O) groups is 1. The molecule has 2 amide bonds. The van der Waals surface area contributed by atoms with E-state index in [1.54, 1.807) is 17.0 Å². The maximum absolute atomic E-state index is 15.2. The van der Waals surface area contributed by atoms with Gasteiger partial charge in [-0.2, -0.15) is 0 Å². The number of nitrogens with one attached hydrogen (secondary N) is 2. The summed E-state index contributed by atoms with van der Waals surface area (Å²) in [5.41, 5.74) is -1.18. The number of aliphatic hydroxyl groups is 1. The summed E-state index contributed by atoms with van der Waals surface area (Å²) < 4.78 is 20.6. The Bertz CT molecular complexity index is 823. The van der Waals surface area contributed by atoms with Crippen molar-refractivity contribution in [2.45, 2.75) is 82.8 Å². The predicted molar refractivity (Wildman–Crippen MR) is 143 cm³/mol. The first-order chi connectivity index (χ1) is 17.4. The smallest absolute Gasteiger partial charge is 0.317 e. The van der Waals surface area contributed by atoms with Gasteiger partial charge in [0.1, 0.15) is 5.82 Å². The molecule has 3 atom stereocenters. The molecule has 0 spiro atoms. The van der Waals surface area contributed by atoms with Gasteiger partial charge in [-0.25, -0.2) is 9.18 Å². The first kappa shape index (κ1) is 29.2. The van der Waals surface area contributed by atoms with Crippen molar-refractivity contribution in [1.29, 1.82) is 0 Å². The largest absolute Gasteiger partial charge is 0.385 e. The van der Waals surface area contributed by atoms with Crippen LogP contribution in [0.4, 0.5) is 9.18 Å². The van der Waals surface area contributed by atoms with Crippen LogP contribution in [-0.4, -0.2) is 62.0 Å². The van der Waals surface area contributed by atoms with E-state index in [9.17, 15) is 9.90 Å². The number of benzene rings is 1. The van der Waals surface area contributed by atoms with Crippen LogP contribution in [0.15, 0.2) is 18.2 Å². The van der Waals surface area contributed by atoms with E-state index in [-0.39, 0.29) is 28.6 Å². The number of urea groups is 1. The Hall–Kier alpha value is -1.41. The number of nitrogens with zero attached hydrogens (tertiary/aromatic N) is 1. The molecule has 36 heavy (non-hydrogen) atoms. The fourth-order valence-corrected chi connectivity index (χ4v) is 6.22. The third kappa shape index (κ3) is 7.80. The topological polar surface area (TPSA) is 73.8 Å². The van der Waals surface area contributed by atoms with Gasteiger partial charge in [-0.15, -0.1) is 0 Å². The zero-order valence-electron chi connectivity index (χ0n) is 22.0. The highest BCUT2D eigenvalue weighted by Crippen LogP contribution is 2.42. The Kier molecular flexibility index (Phi) is 11.7. The van der Waals surface area contributed by atoms with Gasteiger partial charge in [0.05, 0.1) is 10.6 Å². The summed E-state index contributed by atoms with van der Waals surface area (Å²) in [5, 5.41) is 18.5. The van der Waals surface area contributed by atoms with Gasteiger partial charge in [0.25, 0.3) is 0 Å². The number of halogens is 2. The summed E-state index contributed by atoms with van der Waals surface area (Å²) in [6.45, 7) is 4.96. The molecular weight excluding hydrogens is 481 g/mol. The molecular formula is C28H45ClFN3O3. The van der Waals surface area contributed by atoms with E-state index < -0.39 is 11.4 Å². The molecule has 1 aliphatic heterocycles. The second-order valence-corrected chi connectivity index (χ2v) is 11.0. The van der Waals surface area contributed by atoms with Crippen molar-refractivity contribution < 1.29 is 19.0 Å². The number of piperidine rings is 1. The van der Waals surface area contributed by atoms with E-state index in [1.165, 1.54) is 31.7 Å². The second kappa shape index (κ2) is 14.5. The van der Waals surface area contributed by atoms with Crippen molar-refractivity contribution >= 4 is 17.6 Å². The van der Waals surface area contributed by atoms with Crippen molar-refractivity contribution in [2.24, 2.45) is 11.8 Å². The maximum Gasteiger partial charge on any atom is 0.317 e. The lowest BCUT2D eigenvalue weighted by atomic mass is 9.74. The molecule has 2 aliphatic rings. The van der Waals surface area contributed by atoms with Gasteiger partial charge >= 0.3 is 6.03 Å². The van der Waals surface area contributed by atoms with Gasteiger partial charge in [0.15, 0.2) is 0 Å². The summed E-state index contributed by atoms with van der Waals surface area (Å²) in [4.78, 5) is 15.1. The Morgan fingerprint density at radius 2 is 2.06 bits per heavy atom. The SMILES string of the molecule is CCOCCCC[C@@](O)(c1cccc(Cl)c1F)[C@@H]1CCCN(C(=O)N[C@H](CNC)CC2CCCC2)C1. The lowest BCUT2D eigenvalue weighted by Gasteiger charge is -2.43. The van der Waals surface area contributed by atoms with Crippen molar-refractivity contribution in [3.05, 3.63) is 34.6 Å². The normalized spacial score (nSPS) is 21.4. The van der Waals surface area contributed by atoms with Crippen LogP contribution in [0.3, 0.4) is 0 Å². The molecule has 1 aliphatic carbocycles. The summed E-state index contributed by atoms with van der Waals surface area (Å²) in [7, 11) is 1.91. The number of ether oxygens (including phenoxy) is 1. The standard InChI is InChI=1S/C28H45ClFN3O3/c1-3-36-17-7-6-15-28(35,24-13-8-14-25(29)26(24)30)22-12-9-16-33(20-22)27(34)32-23(19-31-2)18-21-10-4-5-11-21/h8,13-14,21-23,31,35H,3-7,9-12,15-20H2,1-2H3,(H,32,34)/t22-,23+,28+/m1/s1. The zero-order valence-corrected chi connectivity index (χ0v) is 22.8. The molecule has 1 aromatic carbocycles. The van der Waals surface area contributed by atoms with Crippen LogP contribution < -0.4 is 10.6 Å². The molecule has 1 saturated heterocycles. The van der Waals surface area contributed by atoms with E-state index in [0.717, 1.165) is 32.2 Å². The van der Waals surface area contributed by atoms with Gasteiger partial charge in [0, 0.05) is 50.4 Å². The second-order valence-electron chi connectivity index (χ2n) is 10.6. The molecule has 2 fully saturated rings. The molecule has 0 aromatic heterocycles. The first-order valence-corrected chi connectivity index (χ1v) is 14.2. The Labute approximate surface area is 221 Å². The first-order valence-electron chi connectivity index (χ1n) is 13.8. The number of unbranched alkanes of at least 4 members (excludes halogenated alkanes) is 1. The number of rotatable bonds is 13. The van der Waals surface area contributed by atoms with Gasteiger partial charge in [0.2, 0.25) is 0 Å².